The Hall–Kier alpha value is -4.45. The summed E-state index contributed by atoms with van der Waals surface area (Å²) in [6, 6.07) is 28.3. The van der Waals surface area contributed by atoms with Gasteiger partial charge in [-0.15, -0.1) is 0 Å². The molecule has 0 aliphatic heterocycles. The van der Waals surface area contributed by atoms with Gasteiger partial charge >= 0.3 is 0 Å². The smallest absolute Gasteiger partial charge is 0.245 e. The number of nitrogens with one attached hydrogen (secondary N) is 2. The SMILES string of the molecule is CN(C)C(=O)[C@H](Cc1c[nH]cn1)NC(=O)C(Cc1cccc2ccccc12)Cc1cccc2ccccc12. The molecule has 0 aliphatic carbocycles. The van der Waals surface area contributed by atoms with Gasteiger partial charge in [-0.1, -0.05) is 84.9 Å². The van der Waals surface area contributed by atoms with Crippen molar-refractivity contribution in [2.24, 2.45) is 5.92 Å². The van der Waals surface area contributed by atoms with Crippen molar-refractivity contribution in [3.63, 3.8) is 0 Å². The third-order valence-corrected chi connectivity index (χ3v) is 7.09. The summed E-state index contributed by atoms with van der Waals surface area (Å²) in [6.45, 7) is 0. The van der Waals surface area contributed by atoms with E-state index in [0.717, 1.165) is 38.4 Å². The van der Waals surface area contributed by atoms with E-state index in [1.165, 1.54) is 4.90 Å². The predicted octanol–water partition coefficient (Wildman–Crippen LogP) is 4.93. The fourth-order valence-electron chi connectivity index (χ4n) is 5.14. The first-order valence-corrected chi connectivity index (χ1v) is 12.9. The molecule has 5 rings (SSSR count). The van der Waals surface area contributed by atoms with Gasteiger partial charge in [0, 0.05) is 32.6 Å². The van der Waals surface area contributed by atoms with Crippen molar-refractivity contribution >= 4 is 33.4 Å². The molecule has 0 spiro atoms. The topological polar surface area (TPSA) is 78.1 Å². The number of aromatic amines is 1. The lowest BCUT2D eigenvalue weighted by Gasteiger charge is -2.25. The van der Waals surface area contributed by atoms with Crippen LogP contribution in [0.2, 0.25) is 0 Å². The van der Waals surface area contributed by atoms with Gasteiger partial charge in [-0.2, -0.15) is 0 Å². The number of H-pyrrole nitrogens is 1. The molecule has 0 saturated carbocycles. The first-order valence-electron chi connectivity index (χ1n) is 12.9. The summed E-state index contributed by atoms with van der Waals surface area (Å²) in [6.07, 6.45) is 4.77. The Morgan fingerprint density at radius 2 is 1.34 bits per heavy atom. The number of benzene rings is 4. The zero-order valence-corrected chi connectivity index (χ0v) is 21.7. The standard InChI is InChI=1S/C32H32N4O2/c1-36(2)32(38)30(19-27-20-33-21-34-27)35-31(37)26(17-24-13-7-11-22-9-3-5-15-28(22)24)18-25-14-8-12-23-10-4-6-16-29(23)25/h3-16,20-21,26,30H,17-19H2,1-2H3,(H,33,34)(H,35,37)/t30-/m0/s1. The third-order valence-electron chi connectivity index (χ3n) is 7.09. The highest BCUT2D eigenvalue weighted by atomic mass is 16.2. The molecule has 2 amide bonds. The van der Waals surface area contributed by atoms with Crippen molar-refractivity contribution in [2.45, 2.75) is 25.3 Å². The minimum absolute atomic E-state index is 0.137. The molecule has 2 N–H and O–H groups in total. The van der Waals surface area contributed by atoms with Crippen LogP contribution in [0.15, 0.2) is 97.5 Å². The molecule has 0 unspecified atom stereocenters. The molecule has 0 aliphatic rings. The number of fused-ring (bicyclic) bond motifs is 2. The normalized spacial score (nSPS) is 12.1. The summed E-state index contributed by atoms with van der Waals surface area (Å²) in [5, 5.41) is 7.67. The van der Waals surface area contributed by atoms with Crippen LogP contribution in [0.3, 0.4) is 0 Å². The number of likely N-dealkylation sites (N-methyl/N-ethyl adjacent to an activating group) is 1. The number of aromatic nitrogens is 2. The summed E-state index contributed by atoms with van der Waals surface area (Å²) in [5.41, 5.74) is 2.96. The number of hydrogen-bond acceptors (Lipinski definition) is 3. The van der Waals surface area contributed by atoms with Crippen molar-refractivity contribution in [3.8, 4) is 0 Å². The van der Waals surface area contributed by atoms with Crippen LogP contribution in [0, 0.1) is 5.92 Å². The molecule has 1 aromatic heterocycles. The largest absolute Gasteiger partial charge is 0.351 e. The lowest BCUT2D eigenvalue weighted by molar-refractivity contribution is -0.135. The van der Waals surface area contributed by atoms with E-state index in [0.29, 0.717) is 19.3 Å². The van der Waals surface area contributed by atoms with E-state index in [1.54, 1.807) is 26.6 Å². The molecule has 38 heavy (non-hydrogen) atoms. The zero-order chi connectivity index (χ0) is 26.5. The molecule has 192 valence electrons. The number of imidazole rings is 1. The maximum atomic E-state index is 14.0. The lowest BCUT2D eigenvalue weighted by atomic mass is 9.87. The molecule has 0 bridgehead atoms. The van der Waals surface area contributed by atoms with Crippen molar-refractivity contribution in [3.05, 3.63) is 114 Å². The zero-order valence-electron chi connectivity index (χ0n) is 21.7. The monoisotopic (exact) mass is 504 g/mol. The number of hydrogen-bond donors (Lipinski definition) is 2. The fourth-order valence-corrected chi connectivity index (χ4v) is 5.14. The third kappa shape index (κ3) is 5.59. The minimum atomic E-state index is -0.705. The molecule has 5 aromatic rings. The van der Waals surface area contributed by atoms with Crippen LogP contribution in [0.5, 0.6) is 0 Å². The molecule has 1 heterocycles. The van der Waals surface area contributed by atoms with E-state index in [-0.39, 0.29) is 17.7 Å². The van der Waals surface area contributed by atoms with Crippen LogP contribution >= 0.6 is 0 Å². The molecular weight excluding hydrogens is 472 g/mol. The van der Waals surface area contributed by atoms with Crippen LogP contribution in [0.1, 0.15) is 16.8 Å². The second kappa shape index (κ2) is 11.3. The number of carbonyl (C=O) groups is 2. The van der Waals surface area contributed by atoms with Crippen LogP contribution in [0.25, 0.3) is 21.5 Å². The Balaban J connectivity index is 1.49. The fraction of sp³-hybridized carbons (Fsp3) is 0.219. The molecule has 6 nitrogen and oxygen atoms in total. The summed E-state index contributed by atoms with van der Waals surface area (Å²) in [5.74, 6) is -0.666. The van der Waals surface area contributed by atoms with Gasteiger partial charge in [-0.05, 0) is 45.5 Å². The van der Waals surface area contributed by atoms with Crippen molar-refractivity contribution in [2.75, 3.05) is 14.1 Å². The lowest BCUT2D eigenvalue weighted by Crippen LogP contribution is -2.49. The summed E-state index contributed by atoms with van der Waals surface area (Å²) >= 11 is 0. The summed E-state index contributed by atoms with van der Waals surface area (Å²) in [7, 11) is 3.41. The molecule has 0 fully saturated rings. The van der Waals surface area contributed by atoms with Crippen molar-refractivity contribution < 1.29 is 9.59 Å². The van der Waals surface area contributed by atoms with Crippen LogP contribution in [0.4, 0.5) is 0 Å². The van der Waals surface area contributed by atoms with E-state index >= 15 is 0 Å². The van der Waals surface area contributed by atoms with E-state index in [1.807, 2.05) is 36.4 Å². The van der Waals surface area contributed by atoms with Gasteiger partial charge in [-0.25, -0.2) is 4.98 Å². The predicted molar refractivity (Wildman–Crippen MR) is 152 cm³/mol. The number of carbonyl (C=O) groups excluding carboxylic acids is 2. The molecule has 0 radical (unpaired) electrons. The first kappa shape index (κ1) is 25.2. The van der Waals surface area contributed by atoms with Crippen molar-refractivity contribution in [1.82, 2.24) is 20.2 Å². The maximum absolute atomic E-state index is 14.0. The van der Waals surface area contributed by atoms with Gasteiger partial charge in [0.25, 0.3) is 0 Å². The van der Waals surface area contributed by atoms with Gasteiger partial charge in [0.1, 0.15) is 6.04 Å². The molecule has 6 heteroatoms. The Morgan fingerprint density at radius 1 is 0.789 bits per heavy atom. The Labute approximate surface area is 222 Å². The van der Waals surface area contributed by atoms with Gasteiger partial charge < -0.3 is 15.2 Å². The molecule has 0 saturated heterocycles. The number of amides is 2. The summed E-state index contributed by atoms with van der Waals surface area (Å²) < 4.78 is 0. The van der Waals surface area contributed by atoms with E-state index in [9.17, 15) is 9.59 Å². The van der Waals surface area contributed by atoms with E-state index < -0.39 is 6.04 Å². The minimum Gasteiger partial charge on any atom is -0.351 e. The van der Waals surface area contributed by atoms with Crippen LogP contribution < -0.4 is 5.32 Å². The van der Waals surface area contributed by atoms with Crippen molar-refractivity contribution in [1.29, 1.82) is 0 Å². The quantitative estimate of drug-likeness (QED) is 0.299. The Kier molecular flexibility index (Phi) is 7.50. The van der Waals surface area contributed by atoms with Gasteiger partial charge in [0.2, 0.25) is 11.8 Å². The highest BCUT2D eigenvalue weighted by Crippen LogP contribution is 2.26. The van der Waals surface area contributed by atoms with E-state index in [4.69, 9.17) is 0 Å². The van der Waals surface area contributed by atoms with Crippen LogP contribution in [-0.2, 0) is 28.9 Å². The van der Waals surface area contributed by atoms with Gasteiger partial charge in [0.15, 0.2) is 0 Å². The second-order valence-electron chi connectivity index (χ2n) is 9.94. The number of nitrogens with zero attached hydrogens (tertiary/aromatic N) is 2. The van der Waals surface area contributed by atoms with Gasteiger partial charge in [0.05, 0.1) is 12.0 Å². The highest BCUT2D eigenvalue weighted by molar-refractivity contribution is 5.91. The summed E-state index contributed by atoms with van der Waals surface area (Å²) in [4.78, 5) is 35.8. The Morgan fingerprint density at radius 3 is 1.87 bits per heavy atom. The van der Waals surface area contributed by atoms with Crippen LogP contribution in [-0.4, -0.2) is 46.8 Å². The first-order chi connectivity index (χ1) is 18.5. The molecular formula is C32H32N4O2. The Bertz CT molecular complexity index is 1470. The maximum Gasteiger partial charge on any atom is 0.245 e. The second-order valence-corrected chi connectivity index (χ2v) is 9.94. The molecule has 4 aromatic carbocycles. The average Bonchev–Trinajstić information content (AvgIpc) is 3.45. The van der Waals surface area contributed by atoms with E-state index in [2.05, 4.69) is 63.8 Å². The number of rotatable bonds is 9. The van der Waals surface area contributed by atoms with Gasteiger partial charge in [-0.3, -0.25) is 9.59 Å². The highest BCUT2D eigenvalue weighted by Gasteiger charge is 2.28. The molecule has 1 atom stereocenters. The average molecular weight is 505 g/mol.